The maximum absolute atomic E-state index is 10.7. The van der Waals surface area contributed by atoms with Gasteiger partial charge in [-0.25, -0.2) is 0 Å². The summed E-state index contributed by atoms with van der Waals surface area (Å²) in [6.07, 6.45) is 1.85. The minimum Gasteiger partial charge on any atom is -0.427 e. The van der Waals surface area contributed by atoms with Gasteiger partial charge in [-0.15, -0.1) is 12.4 Å². The molecule has 0 aliphatic heterocycles. The second kappa shape index (κ2) is 4.15. The van der Waals surface area contributed by atoms with Gasteiger partial charge in [-0.05, 0) is 24.3 Å². The standard InChI is InChI=1S/C10H9NO2.ClH/c1-7(12)13-9-2-3-10-8(6-9)4-5-11-10;/h2-6,11H,1H3;1H. The van der Waals surface area contributed by atoms with Crippen molar-refractivity contribution in [2.24, 2.45) is 0 Å². The molecule has 0 saturated carbocycles. The fraction of sp³-hybridized carbons (Fsp3) is 0.100. The average molecular weight is 212 g/mol. The molecular weight excluding hydrogens is 202 g/mol. The average Bonchev–Trinajstić information content (AvgIpc) is 2.49. The van der Waals surface area contributed by atoms with E-state index in [0.29, 0.717) is 5.75 Å². The number of halogens is 1. The Morgan fingerprint density at radius 2 is 2.14 bits per heavy atom. The van der Waals surface area contributed by atoms with Gasteiger partial charge in [0.25, 0.3) is 0 Å². The number of carbonyl (C=O) groups is 1. The molecule has 0 spiro atoms. The Morgan fingerprint density at radius 3 is 2.86 bits per heavy atom. The van der Waals surface area contributed by atoms with Crippen molar-refractivity contribution in [3.8, 4) is 5.75 Å². The van der Waals surface area contributed by atoms with Gasteiger partial charge in [-0.2, -0.15) is 0 Å². The number of esters is 1. The van der Waals surface area contributed by atoms with E-state index in [2.05, 4.69) is 4.98 Å². The van der Waals surface area contributed by atoms with Crippen LogP contribution in [0, 0.1) is 0 Å². The van der Waals surface area contributed by atoms with E-state index in [1.54, 1.807) is 6.07 Å². The summed E-state index contributed by atoms with van der Waals surface area (Å²) >= 11 is 0. The molecule has 0 amide bonds. The topological polar surface area (TPSA) is 42.1 Å². The summed E-state index contributed by atoms with van der Waals surface area (Å²) in [6.45, 7) is 1.39. The Hall–Kier alpha value is -1.48. The van der Waals surface area contributed by atoms with Crippen LogP contribution in [0.4, 0.5) is 0 Å². The summed E-state index contributed by atoms with van der Waals surface area (Å²) in [7, 11) is 0. The number of hydrogen-bond donors (Lipinski definition) is 1. The Morgan fingerprint density at radius 1 is 1.36 bits per heavy atom. The minimum atomic E-state index is -0.296. The van der Waals surface area contributed by atoms with Gasteiger partial charge >= 0.3 is 5.97 Å². The van der Waals surface area contributed by atoms with Crippen molar-refractivity contribution in [1.82, 2.24) is 4.98 Å². The number of benzene rings is 1. The monoisotopic (exact) mass is 211 g/mol. The third-order valence-electron chi connectivity index (χ3n) is 1.79. The Bertz CT molecular complexity index is 450. The number of H-pyrrole nitrogens is 1. The summed E-state index contributed by atoms with van der Waals surface area (Å²) in [4.78, 5) is 13.7. The van der Waals surface area contributed by atoms with Crippen LogP contribution in [0.1, 0.15) is 6.92 Å². The normalized spacial score (nSPS) is 9.50. The first-order valence-electron chi connectivity index (χ1n) is 4.01. The summed E-state index contributed by atoms with van der Waals surface area (Å²) in [6, 6.07) is 7.41. The molecule has 1 aromatic heterocycles. The molecule has 0 fully saturated rings. The smallest absolute Gasteiger partial charge is 0.308 e. The molecule has 0 bridgehead atoms. The van der Waals surface area contributed by atoms with Gasteiger partial charge in [0, 0.05) is 24.0 Å². The highest BCUT2D eigenvalue weighted by Gasteiger charge is 1.99. The van der Waals surface area contributed by atoms with Crippen LogP contribution < -0.4 is 4.74 Å². The number of hydrogen-bond acceptors (Lipinski definition) is 2. The lowest BCUT2D eigenvalue weighted by molar-refractivity contribution is -0.131. The molecule has 0 unspecified atom stereocenters. The number of ether oxygens (including phenoxy) is 1. The highest BCUT2D eigenvalue weighted by molar-refractivity contribution is 5.85. The maximum atomic E-state index is 10.7. The van der Waals surface area contributed by atoms with E-state index < -0.39 is 0 Å². The predicted octanol–water partition coefficient (Wildman–Crippen LogP) is 2.52. The lowest BCUT2D eigenvalue weighted by Crippen LogP contribution is -2.00. The van der Waals surface area contributed by atoms with Crippen LogP contribution in [0.25, 0.3) is 10.9 Å². The SMILES string of the molecule is CC(=O)Oc1ccc2[nH]ccc2c1.Cl. The van der Waals surface area contributed by atoms with Gasteiger partial charge in [0.05, 0.1) is 0 Å². The predicted molar refractivity (Wildman–Crippen MR) is 56.9 cm³/mol. The first-order valence-corrected chi connectivity index (χ1v) is 4.01. The molecule has 0 aliphatic rings. The Balaban J connectivity index is 0.000000980. The van der Waals surface area contributed by atoms with E-state index in [9.17, 15) is 4.79 Å². The van der Waals surface area contributed by atoms with Crippen molar-refractivity contribution < 1.29 is 9.53 Å². The number of fused-ring (bicyclic) bond motifs is 1. The van der Waals surface area contributed by atoms with Crippen LogP contribution in [-0.2, 0) is 4.79 Å². The van der Waals surface area contributed by atoms with Crippen molar-refractivity contribution in [2.45, 2.75) is 6.92 Å². The van der Waals surface area contributed by atoms with Gasteiger partial charge in [0.2, 0.25) is 0 Å². The van der Waals surface area contributed by atoms with E-state index in [-0.39, 0.29) is 18.4 Å². The fourth-order valence-corrected chi connectivity index (χ4v) is 1.26. The number of carbonyl (C=O) groups excluding carboxylic acids is 1. The van der Waals surface area contributed by atoms with Crippen LogP contribution >= 0.6 is 12.4 Å². The van der Waals surface area contributed by atoms with Crippen LogP contribution in [0.3, 0.4) is 0 Å². The summed E-state index contributed by atoms with van der Waals surface area (Å²) in [5.74, 6) is 0.287. The zero-order valence-corrected chi connectivity index (χ0v) is 8.43. The van der Waals surface area contributed by atoms with Crippen LogP contribution in [0.15, 0.2) is 30.5 Å². The molecule has 0 aliphatic carbocycles. The minimum absolute atomic E-state index is 0. The molecule has 1 aromatic carbocycles. The van der Waals surface area contributed by atoms with Crippen molar-refractivity contribution >= 4 is 29.3 Å². The van der Waals surface area contributed by atoms with Crippen molar-refractivity contribution in [3.63, 3.8) is 0 Å². The van der Waals surface area contributed by atoms with Gasteiger partial charge in [-0.3, -0.25) is 4.79 Å². The number of nitrogens with one attached hydrogen (secondary N) is 1. The molecule has 0 atom stereocenters. The number of aromatic amines is 1. The third-order valence-corrected chi connectivity index (χ3v) is 1.79. The zero-order chi connectivity index (χ0) is 9.26. The molecule has 0 saturated heterocycles. The van der Waals surface area contributed by atoms with Crippen molar-refractivity contribution in [2.75, 3.05) is 0 Å². The van der Waals surface area contributed by atoms with E-state index in [1.165, 1.54) is 6.92 Å². The van der Waals surface area contributed by atoms with E-state index in [1.807, 2.05) is 24.4 Å². The maximum Gasteiger partial charge on any atom is 0.308 e. The number of rotatable bonds is 1. The molecule has 1 heterocycles. The van der Waals surface area contributed by atoms with E-state index in [0.717, 1.165) is 10.9 Å². The first kappa shape index (κ1) is 10.6. The van der Waals surface area contributed by atoms with Crippen LogP contribution in [0.5, 0.6) is 5.75 Å². The molecule has 2 rings (SSSR count). The van der Waals surface area contributed by atoms with E-state index >= 15 is 0 Å². The molecule has 2 aromatic rings. The Labute approximate surface area is 87.5 Å². The molecule has 74 valence electrons. The second-order valence-corrected chi connectivity index (χ2v) is 2.82. The van der Waals surface area contributed by atoms with Gasteiger partial charge in [-0.1, -0.05) is 0 Å². The fourth-order valence-electron chi connectivity index (χ4n) is 1.26. The van der Waals surface area contributed by atoms with Crippen molar-refractivity contribution in [1.29, 1.82) is 0 Å². The molecule has 4 heteroatoms. The first-order chi connectivity index (χ1) is 6.25. The van der Waals surface area contributed by atoms with Crippen LogP contribution in [0.2, 0.25) is 0 Å². The van der Waals surface area contributed by atoms with Gasteiger partial charge in [0.15, 0.2) is 0 Å². The molecular formula is C10H10ClNO2. The summed E-state index contributed by atoms with van der Waals surface area (Å²) in [5, 5.41) is 1.04. The van der Waals surface area contributed by atoms with Crippen LogP contribution in [-0.4, -0.2) is 11.0 Å². The molecule has 3 nitrogen and oxygen atoms in total. The quantitative estimate of drug-likeness (QED) is 0.582. The van der Waals surface area contributed by atoms with Crippen molar-refractivity contribution in [3.05, 3.63) is 30.5 Å². The summed E-state index contributed by atoms with van der Waals surface area (Å²) in [5.41, 5.74) is 1.04. The molecule has 0 radical (unpaired) electrons. The largest absolute Gasteiger partial charge is 0.427 e. The highest BCUT2D eigenvalue weighted by Crippen LogP contribution is 2.19. The lowest BCUT2D eigenvalue weighted by Gasteiger charge is -1.99. The lowest BCUT2D eigenvalue weighted by atomic mass is 10.2. The van der Waals surface area contributed by atoms with E-state index in [4.69, 9.17) is 4.74 Å². The second-order valence-electron chi connectivity index (χ2n) is 2.82. The highest BCUT2D eigenvalue weighted by atomic mass is 35.5. The summed E-state index contributed by atoms with van der Waals surface area (Å²) < 4.78 is 4.94. The van der Waals surface area contributed by atoms with Gasteiger partial charge < -0.3 is 9.72 Å². The molecule has 1 N–H and O–H groups in total. The zero-order valence-electron chi connectivity index (χ0n) is 7.61. The number of aromatic nitrogens is 1. The van der Waals surface area contributed by atoms with Gasteiger partial charge in [0.1, 0.15) is 5.75 Å². The third kappa shape index (κ3) is 2.06. The Kier molecular flexibility index (Phi) is 3.14. The molecule has 14 heavy (non-hydrogen) atoms.